The molecule has 4 nitrogen and oxygen atoms in total. The minimum atomic E-state index is 0.779. The molecule has 0 spiro atoms. The molecule has 0 radical (unpaired) electrons. The second-order valence-corrected chi connectivity index (χ2v) is 7.03. The highest BCUT2D eigenvalue weighted by Gasteiger charge is 2.13. The molecule has 0 bridgehead atoms. The van der Waals surface area contributed by atoms with Gasteiger partial charge in [-0.15, -0.1) is 0 Å². The Morgan fingerprint density at radius 1 is 1.37 bits per heavy atom. The Morgan fingerprint density at radius 2 is 2.32 bits per heavy atom. The predicted molar refractivity (Wildman–Crippen MR) is 82.5 cm³/mol. The van der Waals surface area contributed by atoms with Crippen molar-refractivity contribution in [1.82, 2.24) is 19.7 Å². The fraction of sp³-hybridized carbons (Fsp3) is 0.538. The molecule has 1 fully saturated rings. The molecule has 2 aromatic heterocycles. The third-order valence-corrected chi connectivity index (χ3v) is 5.20. The van der Waals surface area contributed by atoms with Gasteiger partial charge in [-0.1, -0.05) is 6.42 Å². The summed E-state index contributed by atoms with van der Waals surface area (Å²) >= 11 is 5.50. The first kappa shape index (κ1) is 13.4. The zero-order valence-corrected chi connectivity index (χ0v) is 13.1. The fourth-order valence-corrected chi connectivity index (χ4v) is 3.96. The van der Waals surface area contributed by atoms with Gasteiger partial charge in [0.1, 0.15) is 4.60 Å². The van der Waals surface area contributed by atoms with Crippen molar-refractivity contribution >= 4 is 33.3 Å². The molecule has 1 N–H and O–H groups in total. The first-order valence-corrected chi connectivity index (χ1v) is 8.47. The second kappa shape index (κ2) is 6.24. The van der Waals surface area contributed by atoms with Crippen molar-refractivity contribution < 1.29 is 0 Å². The number of thioether (sulfide) groups is 1. The Bertz CT molecular complexity index is 551. The van der Waals surface area contributed by atoms with Crippen molar-refractivity contribution in [3.05, 3.63) is 28.9 Å². The van der Waals surface area contributed by atoms with Crippen LogP contribution in [0.3, 0.4) is 0 Å². The van der Waals surface area contributed by atoms with E-state index in [0.29, 0.717) is 0 Å². The van der Waals surface area contributed by atoms with Crippen LogP contribution in [0.4, 0.5) is 0 Å². The number of hydrogen-bond acceptors (Lipinski definition) is 4. The number of nitrogens with one attached hydrogen (secondary N) is 1. The molecule has 102 valence electrons. The Balaban J connectivity index is 1.60. The third kappa shape index (κ3) is 3.30. The molecule has 0 saturated carbocycles. The van der Waals surface area contributed by atoms with E-state index in [1.165, 1.54) is 30.7 Å². The normalized spacial score (nSPS) is 19.9. The fourth-order valence-electron chi connectivity index (χ4n) is 2.38. The Morgan fingerprint density at radius 3 is 3.16 bits per heavy atom. The number of halogens is 1. The Kier molecular flexibility index (Phi) is 4.40. The summed E-state index contributed by atoms with van der Waals surface area (Å²) in [5.74, 6) is 1.32. The lowest BCUT2D eigenvalue weighted by Gasteiger charge is -2.21. The van der Waals surface area contributed by atoms with E-state index in [-0.39, 0.29) is 0 Å². The minimum Gasteiger partial charge on any atom is -0.310 e. The van der Waals surface area contributed by atoms with Crippen LogP contribution < -0.4 is 5.32 Å². The molecule has 19 heavy (non-hydrogen) atoms. The van der Waals surface area contributed by atoms with E-state index in [0.717, 1.165) is 28.6 Å². The summed E-state index contributed by atoms with van der Waals surface area (Å²) < 4.78 is 2.92. The standard InChI is InChI=1S/C13H17BrN4S/c14-12-9-18-10(6-17-13(18)8-16-12)5-15-7-11-3-1-2-4-19-11/h6,8-9,11,15H,1-5,7H2. The summed E-state index contributed by atoms with van der Waals surface area (Å²) in [4.78, 5) is 8.54. The zero-order valence-electron chi connectivity index (χ0n) is 10.7. The molecule has 3 heterocycles. The van der Waals surface area contributed by atoms with Crippen LogP contribution in [0, 0.1) is 0 Å². The van der Waals surface area contributed by atoms with Crippen LogP contribution in [0.2, 0.25) is 0 Å². The van der Waals surface area contributed by atoms with Crippen molar-refractivity contribution in [2.24, 2.45) is 0 Å². The highest BCUT2D eigenvalue weighted by molar-refractivity contribution is 9.10. The molecular formula is C13H17BrN4S. The largest absolute Gasteiger partial charge is 0.310 e. The van der Waals surface area contributed by atoms with Crippen LogP contribution in [0.5, 0.6) is 0 Å². The summed E-state index contributed by atoms with van der Waals surface area (Å²) in [5.41, 5.74) is 2.07. The molecule has 0 aromatic carbocycles. The van der Waals surface area contributed by atoms with Gasteiger partial charge in [0.15, 0.2) is 5.65 Å². The first-order chi connectivity index (χ1) is 9.33. The molecule has 1 saturated heterocycles. The van der Waals surface area contributed by atoms with Gasteiger partial charge in [-0.25, -0.2) is 9.97 Å². The summed E-state index contributed by atoms with van der Waals surface area (Å²) in [6, 6.07) is 0. The lowest BCUT2D eigenvalue weighted by atomic mass is 10.2. The van der Waals surface area contributed by atoms with Crippen LogP contribution in [0.1, 0.15) is 25.0 Å². The molecule has 0 amide bonds. The molecular weight excluding hydrogens is 324 g/mol. The lowest BCUT2D eigenvalue weighted by Crippen LogP contribution is -2.26. The summed E-state index contributed by atoms with van der Waals surface area (Å²) in [7, 11) is 0. The van der Waals surface area contributed by atoms with Crippen molar-refractivity contribution in [1.29, 1.82) is 0 Å². The van der Waals surface area contributed by atoms with Gasteiger partial charge in [0.2, 0.25) is 0 Å². The maximum Gasteiger partial charge on any atom is 0.155 e. The van der Waals surface area contributed by atoms with E-state index in [2.05, 4.69) is 47.4 Å². The van der Waals surface area contributed by atoms with Gasteiger partial charge in [0.05, 0.1) is 18.1 Å². The van der Waals surface area contributed by atoms with Gasteiger partial charge in [-0.3, -0.25) is 4.40 Å². The Labute approximate surface area is 125 Å². The molecule has 3 rings (SSSR count). The number of fused-ring (bicyclic) bond motifs is 1. The number of hydrogen-bond donors (Lipinski definition) is 1. The van der Waals surface area contributed by atoms with Crippen molar-refractivity contribution in [3.63, 3.8) is 0 Å². The molecule has 6 heteroatoms. The Hall–Kier alpha value is -0.590. The van der Waals surface area contributed by atoms with E-state index in [1.54, 1.807) is 6.20 Å². The van der Waals surface area contributed by atoms with Crippen LogP contribution in [0.25, 0.3) is 5.65 Å². The van der Waals surface area contributed by atoms with Crippen LogP contribution in [-0.2, 0) is 6.54 Å². The average Bonchev–Trinajstić information content (AvgIpc) is 2.83. The van der Waals surface area contributed by atoms with Gasteiger partial charge in [-0.2, -0.15) is 11.8 Å². The first-order valence-electron chi connectivity index (χ1n) is 6.63. The SMILES string of the molecule is Brc1cn2c(CNCC3CCCCS3)cnc2cn1. The van der Waals surface area contributed by atoms with Gasteiger partial charge < -0.3 is 5.32 Å². The van der Waals surface area contributed by atoms with E-state index in [4.69, 9.17) is 0 Å². The van der Waals surface area contributed by atoms with Crippen LogP contribution >= 0.6 is 27.7 Å². The second-order valence-electron chi connectivity index (χ2n) is 4.81. The molecule has 1 aliphatic rings. The maximum atomic E-state index is 4.36. The van der Waals surface area contributed by atoms with E-state index < -0.39 is 0 Å². The highest BCUT2D eigenvalue weighted by atomic mass is 79.9. The van der Waals surface area contributed by atoms with E-state index in [1.807, 2.05) is 12.4 Å². The van der Waals surface area contributed by atoms with E-state index >= 15 is 0 Å². The quantitative estimate of drug-likeness (QED) is 0.929. The molecule has 2 aromatic rings. The predicted octanol–water partition coefficient (Wildman–Crippen LogP) is 2.87. The average molecular weight is 341 g/mol. The van der Waals surface area contributed by atoms with Gasteiger partial charge >= 0.3 is 0 Å². The molecule has 0 aliphatic carbocycles. The summed E-state index contributed by atoms with van der Waals surface area (Å²) in [6.45, 7) is 1.94. The number of aromatic nitrogens is 3. The number of nitrogens with zero attached hydrogens (tertiary/aromatic N) is 3. The van der Waals surface area contributed by atoms with Crippen molar-refractivity contribution in [3.8, 4) is 0 Å². The van der Waals surface area contributed by atoms with Crippen LogP contribution in [0.15, 0.2) is 23.2 Å². The van der Waals surface area contributed by atoms with Gasteiger partial charge in [0.25, 0.3) is 0 Å². The van der Waals surface area contributed by atoms with Crippen molar-refractivity contribution in [2.45, 2.75) is 31.1 Å². The minimum absolute atomic E-state index is 0.779. The van der Waals surface area contributed by atoms with Crippen molar-refractivity contribution in [2.75, 3.05) is 12.3 Å². The third-order valence-electron chi connectivity index (χ3n) is 3.39. The van der Waals surface area contributed by atoms with Gasteiger partial charge in [0, 0.05) is 24.5 Å². The van der Waals surface area contributed by atoms with Crippen LogP contribution in [-0.4, -0.2) is 31.9 Å². The molecule has 1 unspecified atom stereocenters. The maximum absolute atomic E-state index is 4.36. The zero-order chi connectivity index (χ0) is 13.1. The number of rotatable bonds is 4. The number of imidazole rings is 1. The molecule has 1 atom stereocenters. The topological polar surface area (TPSA) is 42.2 Å². The monoisotopic (exact) mass is 340 g/mol. The van der Waals surface area contributed by atoms with Gasteiger partial charge in [-0.05, 0) is 34.5 Å². The highest BCUT2D eigenvalue weighted by Crippen LogP contribution is 2.24. The molecule has 1 aliphatic heterocycles. The van der Waals surface area contributed by atoms with E-state index in [9.17, 15) is 0 Å². The summed E-state index contributed by atoms with van der Waals surface area (Å²) in [5, 5.41) is 4.33. The summed E-state index contributed by atoms with van der Waals surface area (Å²) in [6.07, 6.45) is 9.78. The lowest BCUT2D eigenvalue weighted by molar-refractivity contribution is 0.592. The smallest absolute Gasteiger partial charge is 0.155 e.